The Morgan fingerprint density at radius 3 is 1.17 bits per heavy atom. The molecule has 134 valence electrons. The van der Waals surface area contributed by atoms with Crippen LogP contribution in [0.1, 0.15) is 0 Å². The molecule has 0 aliphatic carbocycles. The fourth-order valence-corrected chi connectivity index (χ4v) is 0.962. The molecule has 1 aromatic carbocycles. The summed E-state index contributed by atoms with van der Waals surface area (Å²) in [5, 5.41) is 0. The summed E-state index contributed by atoms with van der Waals surface area (Å²) in [5.74, 6) is -0.210. The number of benzene rings is 1. The Labute approximate surface area is 135 Å². The summed E-state index contributed by atoms with van der Waals surface area (Å²) in [6.45, 7) is -2.93. The molecule has 1 aromatic rings. The van der Waals surface area contributed by atoms with Crippen molar-refractivity contribution < 1.29 is 44.2 Å². The van der Waals surface area contributed by atoms with Gasteiger partial charge in [-0.1, -0.05) is 0 Å². The molecule has 0 aliphatic heterocycles. The molecule has 0 saturated carbocycles. The van der Waals surface area contributed by atoms with E-state index in [-0.39, 0.29) is 11.5 Å². The van der Waals surface area contributed by atoms with Crippen molar-refractivity contribution in [3.05, 3.63) is 24.3 Å². The van der Waals surface area contributed by atoms with Crippen LogP contribution in [-0.4, -0.2) is 34.0 Å². The molecular weight excluding hydrogens is 401 g/mol. The molecule has 0 spiro atoms. The second kappa shape index (κ2) is 8.69. The molecule has 0 amide bonds. The molecule has 0 heterocycles. The van der Waals surface area contributed by atoms with Crippen molar-refractivity contribution in [2.45, 2.75) is 12.4 Å². The Morgan fingerprint density at radius 2 is 1.00 bits per heavy atom. The highest BCUT2D eigenvalue weighted by Gasteiger charge is 2.29. The number of halogens is 8. The summed E-state index contributed by atoms with van der Waals surface area (Å²) in [4.78, 5) is 0. The van der Waals surface area contributed by atoms with E-state index in [0.717, 1.165) is 24.3 Å². The predicted octanol–water partition coefficient (Wildman–Crippen LogP) is 4.28. The topological polar surface area (TPSA) is 52.6 Å². The van der Waals surface area contributed by atoms with E-state index in [1.165, 1.54) is 0 Å². The van der Waals surface area contributed by atoms with Crippen LogP contribution in [0.3, 0.4) is 0 Å². The molecule has 0 N–H and O–H groups in total. The van der Waals surface area contributed by atoms with Crippen LogP contribution >= 0.6 is 21.4 Å². The van der Waals surface area contributed by atoms with Crippen LogP contribution in [0.25, 0.3) is 0 Å². The first kappa shape index (κ1) is 21.9. The maximum Gasteiger partial charge on any atom is 0.422 e. The van der Waals surface area contributed by atoms with E-state index in [9.17, 15) is 26.3 Å². The Morgan fingerprint density at radius 1 is 0.783 bits per heavy atom. The van der Waals surface area contributed by atoms with Crippen LogP contribution in [0, 0.1) is 0 Å². The van der Waals surface area contributed by atoms with E-state index in [2.05, 4.69) is 30.8 Å². The van der Waals surface area contributed by atoms with E-state index in [1.54, 1.807) is 0 Å². The van der Waals surface area contributed by atoms with Gasteiger partial charge in [-0.25, -0.2) is 0 Å². The van der Waals surface area contributed by atoms with Gasteiger partial charge in [0.2, 0.25) is 0 Å². The Balaban J connectivity index is 0.000000841. The summed E-state index contributed by atoms with van der Waals surface area (Å²) in [7, 11) is 4.81. The highest BCUT2D eigenvalue weighted by molar-refractivity contribution is 8.31. The fourth-order valence-electron chi connectivity index (χ4n) is 0.962. The molecule has 0 radical (unpaired) electrons. The molecule has 23 heavy (non-hydrogen) atoms. The zero-order valence-corrected chi connectivity index (χ0v) is 13.1. The quantitative estimate of drug-likeness (QED) is 0.551. The van der Waals surface area contributed by atoms with Crippen molar-refractivity contribution in [2.75, 3.05) is 13.2 Å². The van der Waals surface area contributed by atoms with Crippen LogP contribution in [-0.2, 0) is 8.26 Å². The Kier molecular flexibility index (Phi) is 8.29. The van der Waals surface area contributed by atoms with Crippen molar-refractivity contribution in [1.82, 2.24) is 0 Å². The van der Waals surface area contributed by atoms with Crippen molar-refractivity contribution in [3.8, 4) is 11.5 Å². The smallest absolute Gasteiger partial charge is 0.422 e. The van der Waals surface area contributed by atoms with Crippen LogP contribution < -0.4 is 9.47 Å². The standard InChI is InChI=1S/C10H8F6O2.Cl2O2S/c11-9(12,13)5-17-7-1-2-8(4-3-7)18-6-10(14,15)16;1-5(2,3)4/h1-4H,5-6H2;. The van der Waals surface area contributed by atoms with Gasteiger partial charge in [0.15, 0.2) is 13.2 Å². The first-order valence-electron chi connectivity index (χ1n) is 5.29. The number of ether oxygens (including phenoxy) is 2. The zero-order chi connectivity index (χ0) is 18.3. The number of hydrogen-bond donors (Lipinski definition) is 0. The van der Waals surface area contributed by atoms with E-state index in [0.29, 0.717) is 0 Å². The van der Waals surface area contributed by atoms with Gasteiger partial charge in [-0.05, 0) is 24.3 Å². The minimum atomic E-state index is -4.47. The van der Waals surface area contributed by atoms with E-state index in [1.807, 2.05) is 0 Å². The Hall–Kier alpha value is -1.07. The van der Waals surface area contributed by atoms with Crippen molar-refractivity contribution >= 4 is 29.6 Å². The first-order chi connectivity index (χ1) is 10.2. The lowest BCUT2D eigenvalue weighted by atomic mass is 10.3. The lowest BCUT2D eigenvalue weighted by molar-refractivity contribution is -0.154. The Bertz CT molecular complexity index is 525. The largest absolute Gasteiger partial charge is 0.484 e. The number of hydrogen-bond acceptors (Lipinski definition) is 4. The van der Waals surface area contributed by atoms with Gasteiger partial charge < -0.3 is 9.47 Å². The minimum Gasteiger partial charge on any atom is -0.484 e. The maximum atomic E-state index is 11.8. The van der Waals surface area contributed by atoms with E-state index < -0.39 is 33.8 Å². The van der Waals surface area contributed by atoms with Gasteiger partial charge in [-0.3, -0.25) is 0 Å². The molecule has 0 fully saturated rings. The van der Waals surface area contributed by atoms with Crippen LogP contribution in [0.5, 0.6) is 11.5 Å². The molecule has 0 unspecified atom stereocenters. The van der Waals surface area contributed by atoms with Gasteiger partial charge >= 0.3 is 20.6 Å². The lowest BCUT2D eigenvalue weighted by Gasteiger charge is -2.11. The van der Waals surface area contributed by atoms with Gasteiger partial charge in [0.25, 0.3) is 0 Å². The van der Waals surface area contributed by atoms with Gasteiger partial charge in [0.05, 0.1) is 0 Å². The van der Waals surface area contributed by atoms with Gasteiger partial charge in [0, 0.05) is 21.4 Å². The normalized spacial score (nSPS) is 12.2. The third-order valence-corrected chi connectivity index (χ3v) is 1.63. The molecular formula is C10H8Cl2F6O4S. The van der Waals surface area contributed by atoms with Gasteiger partial charge in [-0.2, -0.15) is 34.8 Å². The summed E-state index contributed by atoms with van der Waals surface area (Å²) in [5.41, 5.74) is 0. The van der Waals surface area contributed by atoms with E-state index in [4.69, 9.17) is 8.42 Å². The second-order valence-corrected chi connectivity index (χ2v) is 7.33. The fraction of sp³-hybridized carbons (Fsp3) is 0.400. The summed E-state index contributed by atoms with van der Waals surface area (Å²) >= 11 is 0. The SMILES string of the molecule is FC(F)(F)COc1ccc(OCC(F)(F)F)cc1.O=S(=O)(Cl)Cl. The van der Waals surface area contributed by atoms with Crippen molar-refractivity contribution in [1.29, 1.82) is 0 Å². The van der Waals surface area contributed by atoms with Gasteiger partial charge in [-0.15, -0.1) is 0 Å². The maximum absolute atomic E-state index is 11.8. The van der Waals surface area contributed by atoms with Gasteiger partial charge in [0.1, 0.15) is 11.5 Å². The molecule has 0 bridgehead atoms. The third kappa shape index (κ3) is 17.1. The molecule has 0 aromatic heterocycles. The highest BCUT2D eigenvalue weighted by Crippen LogP contribution is 2.23. The first-order valence-corrected chi connectivity index (χ1v) is 8.43. The molecule has 0 saturated heterocycles. The lowest BCUT2D eigenvalue weighted by Crippen LogP contribution is -2.19. The van der Waals surface area contributed by atoms with Crippen molar-refractivity contribution in [2.24, 2.45) is 0 Å². The minimum absolute atomic E-state index is 0.105. The van der Waals surface area contributed by atoms with Crippen LogP contribution in [0.15, 0.2) is 24.3 Å². The predicted molar refractivity (Wildman–Crippen MR) is 70.2 cm³/mol. The van der Waals surface area contributed by atoms with Crippen molar-refractivity contribution in [3.63, 3.8) is 0 Å². The number of alkyl halides is 6. The number of rotatable bonds is 4. The molecule has 1 rings (SSSR count). The van der Waals surface area contributed by atoms with Crippen LogP contribution in [0.2, 0.25) is 0 Å². The van der Waals surface area contributed by atoms with E-state index >= 15 is 0 Å². The van der Waals surface area contributed by atoms with Crippen LogP contribution in [0.4, 0.5) is 26.3 Å². The summed E-state index contributed by atoms with van der Waals surface area (Å²) < 4.78 is 97.8. The summed E-state index contributed by atoms with van der Waals surface area (Å²) in [6, 6.07) is 4.38. The monoisotopic (exact) mass is 408 g/mol. The average molecular weight is 409 g/mol. The summed E-state index contributed by atoms with van der Waals surface area (Å²) in [6.07, 6.45) is -8.93. The molecule has 4 nitrogen and oxygen atoms in total. The highest BCUT2D eigenvalue weighted by atomic mass is 36.0. The molecule has 0 aliphatic rings. The second-order valence-electron chi connectivity index (χ2n) is 3.66. The average Bonchev–Trinajstić information content (AvgIpc) is 2.31. The molecule has 0 atom stereocenters. The third-order valence-electron chi connectivity index (χ3n) is 1.63. The molecule has 13 heteroatoms. The zero-order valence-electron chi connectivity index (χ0n) is 10.8.